The van der Waals surface area contributed by atoms with Gasteiger partial charge in [-0.3, -0.25) is 14.5 Å². The molecule has 6 nitrogen and oxygen atoms in total. The van der Waals surface area contributed by atoms with Crippen LogP contribution >= 0.6 is 0 Å². The van der Waals surface area contributed by atoms with Crippen molar-refractivity contribution in [3.8, 4) is 0 Å². The van der Waals surface area contributed by atoms with Crippen molar-refractivity contribution in [2.24, 2.45) is 11.3 Å². The van der Waals surface area contributed by atoms with E-state index in [2.05, 4.69) is 31.1 Å². The van der Waals surface area contributed by atoms with Gasteiger partial charge in [0.05, 0.1) is 12.2 Å². The summed E-state index contributed by atoms with van der Waals surface area (Å²) in [6.07, 6.45) is 3.92. The molecule has 3 amide bonds. The van der Waals surface area contributed by atoms with Crippen molar-refractivity contribution in [3.63, 3.8) is 0 Å². The molecule has 0 radical (unpaired) electrons. The number of rotatable bonds is 3. The fraction of sp³-hybridized carbons (Fsp3) is 0.588. The summed E-state index contributed by atoms with van der Waals surface area (Å²) in [6.45, 7) is 6.13. The highest BCUT2D eigenvalue weighted by molar-refractivity contribution is 6.11. The third-order valence-corrected chi connectivity index (χ3v) is 4.82. The second kappa shape index (κ2) is 5.22. The highest BCUT2D eigenvalue weighted by Crippen LogP contribution is 2.46. The van der Waals surface area contributed by atoms with Gasteiger partial charge in [-0.05, 0) is 42.7 Å². The number of nitrogens with one attached hydrogen (secondary N) is 2. The number of nitrogens with zero attached hydrogens (tertiary/aromatic N) is 1. The summed E-state index contributed by atoms with van der Waals surface area (Å²) in [4.78, 5) is 41.3. The fourth-order valence-corrected chi connectivity index (χ4v) is 4.38. The smallest absolute Gasteiger partial charge is 0.325 e. The quantitative estimate of drug-likeness (QED) is 0.663. The number of H-pyrrole nitrogens is 1. The minimum atomic E-state index is -0.853. The molecule has 6 heteroatoms. The minimum absolute atomic E-state index is 0.0138. The summed E-state index contributed by atoms with van der Waals surface area (Å²) < 4.78 is 0. The Balaban J connectivity index is 1.81. The molecule has 2 fully saturated rings. The summed E-state index contributed by atoms with van der Waals surface area (Å²) in [5.74, 6) is -0.178. The first-order valence-electron chi connectivity index (χ1n) is 8.03. The Bertz CT molecular complexity index is 650. The van der Waals surface area contributed by atoms with E-state index in [9.17, 15) is 14.4 Å². The van der Waals surface area contributed by atoms with E-state index in [-0.39, 0.29) is 23.7 Å². The molecule has 1 saturated heterocycles. The first kappa shape index (κ1) is 15.8. The number of urea groups is 1. The fourth-order valence-electron chi connectivity index (χ4n) is 4.38. The van der Waals surface area contributed by atoms with E-state index in [0.29, 0.717) is 24.5 Å². The third-order valence-electron chi connectivity index (χ3n) is 4.82. The van der Waals surface area contributed by atoms with Crippen LogP contribution in [0.1, 0.15) is 50.5 Å². The highest BCUT2D eigenvalue weighted by Gasteiger charge is 2.56. The molecule has 2 N–H and O–H groups in total. The van der Waals surface area contributed by atoms with E-state index in [4.69, 9.17) is 0 Å². The lowest BCUT2D eigenvalue weighted by Crippen LogP contribution is -2.54. The molecule has 1 saturated carbocycles. The highest BCUT2D eigenvalue weighted by atomic mass is 16.2. The molecule has 0 unspecified atom stereocenters. The molecule has 0 bridgehead atoms. The number of aromatic amines is 1. The minimum Gasteiger partial charge on any atom is -0.359 e. The molecule has 124 valence electrons. The molecule has 23 heavy (non-hydrogen) atoms. The van der Waals surface area contributed by atoms with Crippen LogP contribution in [-0.2, 0) is 4.79 Å². The molecule has 1 spiro atoms. The maximum Gasteiger partial charge on any atom is 0.325 e. The van der Waals surface area contributed by atoms with Gasteiger partial charge in [0.15, 0.2) is 5.78 Å². The average molecular weight is 317 g/mol. The number of hydrogen-bond acceptors (Lipinski definition) is 3. The molecule has 1 aliphatic heterocycles. The number of amides is 3. The van der Waals surface area contributed by atoms with Crippen molar-refractivity contribution in [1.82, 2.24) is 15.2 Å². The van der Waals surface area contributed by atoms with Gasteiger partial charge >= 0.3 is 6.03 Å². The molecule has 3 rings (SSSR count). The van der Waals surface area contributed by atoms with Gasteiger partial charge in [0.25, 0.3) is 5.91 Å². The molecule has 1 aromatic rings. The Morgan fingerprint density at radius 1 is 1.35 bits per heavy atom. The number of carbonyl (C=O) groups is 3. The zero-order valence-corrected chi connectivity index (χ0v) is 13.8. The first-order chi connectivity index (χ1) is 10.7. The van der Waals surface area contributed by atoms with Crippen LogP contribution < -0.4 is 5.32 Å². The van der Waals surface area contributed by atoms with Crippen LogP contribution in [0.15, 0.2) is 18.3 Å². The number of hydrogen-bond donors (Lipinski definition) is 2. The van der Waals surface area contributed by atoms with Gasteiger partial charge in [-0.2, -0.15) is 0 Å². The Labute approximate surface area is 135 Å². The molecule has 2 atom stereocenters. The van der Waals surface area contributed by atoms with Crippen molar-refractivity contribution < 1.29 is 14.4 Å². The van der Waals surface area contributed by atoms with E-state index in [0.717, 1.165) is 11.3 Å². The summed E-state index contributed by atoms with van der Waals surface area (Å²) >= 11 is 0. The molecular formula is C17H23N3O3. The van der Waals surface area contributed by atoms with Crippen molar-refractivity contribution >= 4 is 17.7 Å². The molecule has 1 aliphatic carbocycles. The standard InChI is InChI=1S/C17H23N3O3/c1-11-7-16(2,3)10-17(8-11)14(22)20(15(23)19-17)9-13(21)12-5-4-6-18-12/h4-6,11,18H,7-10H2,1-3H3,(H,19,23)/t11-,17-/m0/s1. The number of carbonyl (C=O) groups excluding carboxylic acids is 3. The monoisotopic (exact) mass is 317 g/mol. The molecule has 1 aromatic heterocycles. The van der Waals surface area contributed by atoms with Crippen LogP contribution in [0.3, 0.4) is 0 Å². The van der Waals surface area contributed by atoms with Crippen LogP contribution in [-0.4, -0.2) is 39.7 Å². The van der Waals surface area contributed by atoms with Crippen LogP contribution in [0.2, 0.25) is 0 Å². The summed E-state index contributed by atoms with van der Waals surface area (Å²) in [7, 11) is 0. The van der Waals surface area contributed by atoms with Crippen LogP contribution in [0.25, 0.3) is 0 Å². The predicted molar refractivity (Wildman–Crippen MR) is 84.9 cm³/mol. The molecule has 2 heterocycles. The summed E-state index contributed by atoms with van der Waals surface area (Å²) in [6, 6.07) is 2.90. The van der Waals surface area contributed by atoms with E-state index in [1.807, 2.05) is 0 Å². The maximum atomic E-state index is 12.9. The second-order valence-electron chi connectivity index (χ2n) is 7.76. The number of aromatic nitrogens is 1. The van der Waals surface area contributed by atoms with Crippen LogP contribution in [0.5, 0.6) is 0 Å². The van der Waals surface area contributed by atoms with E-state index < -0.39 is 11.6 Å². The third kappa shape index (κ3) is 2.78. The van der Waals surface area contributed by atoms with Gasteiger partial charge in [0.1, 0.15) is 5.54 Å². The largest absolute Gasteiger partial charge is 0.359 e. The number of Topliss-reactive ketones (excluding diaryl/α,β-unsaturated/α-hetero) is 1. The van der Waals surface area contributed by atoms with Gasteiger partial charge in [-0.1, -0.05) is 20.8 Å². The van der Waals surface area contributed by atoms with E-state index >= 15 is 0 Å². The lowest BCUT2D eigenvalue weighted by Gasteiger charge is -2.43. The van der Waals surface area contributed by atoms with Crippen molar-refractivity contribution in [3.05, 3.63) is 24.0 Å². The van der Waals surface area contributed by atoms with Crippen molar-refractivity contribution in [1.29, 1.82) is 0 Å². The molecular weight excluding hydrogens is 294 g/mol. The van der Waals surface area contributed by atoms with Crippen molar-refractivity contribution in [2.75, 3.05) is 6.54 Å². The summed E-state index contributed by atoms with van der Waals surface area (Å²) in [5.41, 5.74) is -0.460. The zero-order valence-electron chi connectivity index (χ0n) is 13.8. The zero-order chi connectivity index (χ0) is 16.8. The maximum absolute atomic E-state index is 12.9. The summed E-state index contributed by atoms with van der Waals surface area (Å²) in [5, 5.41) is 2.88. The molecule has 0 aromatic carbocycles. The Morgan fingerprint density at radius 2 is 2.09 bits per heavy atom. The van der Waals surface area contributed by atoms with Crippen LogP contribution in [0.4, 0.5) is 4.79 Å². The van der Waals surface area contributed by atoms with Crippen molar-refractivity contribution in [2.45, 2.75) is 45.6 Å². The predicted octanol–water partition coefficient (Wildman–Crippen LogP) is 2.33. The number of imide groups is 1. The lowest BCUT2D eigenvalue weighted by molar-refractivity contribution is -0.134. The normalized spacial score (nSPS) is 29.9. The van der Waals surface area contributed by atoms with Gasteiger partial charge in [0, 0.05) is 6.20 Å². The Hall–Kier alpha value is -2.11. The second-order valence-corrected chi connectivity index (χ2v) is 7.76. The topological polar surface area (TPSA) is 82.3 Å². The average Bonchev–Trinajstić information content (AvgIpc) is 3.00. The van der Waals surface area contributed by atoms with Gasteiger partial charge in [-0.15, -0.1) is 0 Å². The van der Waals surface area contributed by atoms with Crippen LogP contribution in [0, 0.1) is 11.3 Å². The Kier molecular flexibility index (Phi) is 3.58. The first-order valence-corrected chi connectivity index (χ1v) is 8.03. The van der Waals surface area contributed by atoms with E-state index in [1.165, 1.54) is 0 Å². The molecule has 2 aliphatic rings. The Morgan fingerprint density at radius 3 is 2.70 bits per heavy atom. The number of ketones is 1. The van der Waals surface area contributed by atoms with E-state index in [1.54, 1.807) is 18.3 Å². The van der Waals surface area contributed by atoms with Gasteiger partial charge in [0.2, 0.25) is 0 Å². The lowest BCUT2D eigenvalue weighted by atomic mass is 9.64. The van der Waals surface area contributed by atoms with Gasteiger partial charge < -0.3 is 10.3 Å². The van der Waals surface area contributed by atoms with Gasteiger partial charge in [-0.25, -0.2) is 4.79 Å². The SMILES string of the molecule is C[C@H]1CC(C)(C)C[C@]2(C1)NC(=O)N(CC(=O)c1ccc[nH]1)C2=O.